The number of carbonyl (C=O) groups is 1. The van der Waals surface area contributed by atoms with Gasteiger partial charge in [-0.2, -0.15) is 5.10 Å². The third-order valence-corrected chi connectivity index (χ3v) is 6.17. The Hall–Kier alpha value is -4.99. The molecule has 0 atom stereocenters. The Bertz CT molecular complexity index is 1820. The number of para-hydroxylation sites is 1. The van der Waals surface area contributed by atoms with Gasteiger partial charge in [-0.15, -0.1) is 0 Å². The quantitative estimate of drug-likeness (QED) is 0.280. The number of hydrogen-bond acceptors (Lipinski definition) is 6. The van der Waals surface area contributed by atoms with Crippen LogP contribution in [0.4, 0.5) is 10.1 Å². The minimum absolute atomic E-state index is 0.0878. The highest BCUT2D eigenvalue weighted by Crippen LogP contribution is 2.34. The Balaban J connectivity index is 1.44. The van der Waals surface area contributed by atoms with E-state index in [9.17, 15) is 4.79 Å². The van der Waals surface area contributed by atoms with Crippen LogP contribution in [0.15, 0.2) is 67.3 Å². The molecule has 5 heterocycles. The molecule has 38 heavy (non-hydrogen) atoms. The van der Waals surface area contributed by atoms with Crippen molar-refractivity contribution in [1.29, 1.82) is 0 Å². The summed E-state index contributed by atoms with van der Waals surface area (Å²) < 4.78 is 16.0. The van der Waals surface area contributed by atoms with Crippen molar-refractivity contribution in [2.45, 2.75) is 20.8 Å². The molecule has 0 aliphatic rings. The number of anilines is 1. The third kappa shape index (κ3) is 4.05. The van der Waals surface area contributed by atoms with Crippen LogP contribution in [0.1, 0.15) is 20.8 Å². The lowest BCUT2D eigenvalue weighted by Crippen LogP contribution is -2.27. The summed E-state index contributed by atoms with van der Waals surface area (Å²) in [5.41, 5.74) is 4.25. The highest BCUT2D eigenvalue weighted by atomic mass is 19.1. The number of aromatic amines is 2. The third-order valence-electron chi connectivity index (χ3n) is 6.17. The van der Waals surface area contributed by atoms with E-state index in [1.807, 2.05) is 57.2 Å². The summed E-state index contributed by atoms with van der Waals surface area (Å²) >= 11 is 0. The van der Waals surface area contributed by atoms with Gasteiger partial charge in [0, 0.05) is 28.9 Å². The maximum atomic E-state index is 16.0. The topological polar surface area (TPSA) is 125 Å². The molecule has 6 aromatic rings. The van der Waals surface area contributed by atoms with Crippen molar-refractivity contribution in [2.24, 2.45) is 5.41 Å². The van der Waals surface area contributed by atoms with Gasteiger partial charge in [0.05, 0.1) is 45.7 Å². The zero-order valence-corrected chi connectivity index (χ0v) is 20.9. The van der Waals surface area contributed by atoms with E-state index in [0.717, 1.165) is 16.8 Å². The number of benzene rings is 1. The number of rotatable bonds is 4. The Morgan fingerprint density at radius 1 is 0.974 bits per heavy atom. The van der Waals surface area contributed by atoms with E-state index in [-0.39, 0.29) is 17.0 Å². The second-order valence-electron chi connectivity index (χ2n) is 9.95. The molecule has 0 unspecified atom stereocenters. The molecular weight excluding hydrogens is 483 g/mol. The monoisotopic (exact) mass is 506 g/mol. The fourth-order valence-electron chi connectivity index (χ4n) is 4.18. The van der Waals surface area contributed by atoms with Crippen molar-refractivity contribution in [2.75, 3.05) is 5.32 Å². The summed E-state index contributed by atoms with van der Waals surface area (Å²) in [6.45, 7) is 5.44. The number of nitrogens with zero attached hydrogens (tertiary/aromatic N) is 5. The first-order valence-corrected chi connectivity index (χ1v) is 12.0. The number of hydrogen-bond donors (Lipinski definition) is 3. The minimum atomic E-state index is -0.590. The van der Waals surface area contributed by atoms with Gasteiger partial charge in [-0.25, -0.2) is 9.37 Å². The molecule has 6 rings (SSSR count). The highest BCUT2D eigenvalue weighted by Gasteiger charge is 2.23. The molecule has 0 saturated heterocycles. The van der Waals surface area contributed by atoms with Crippen molar-refractivity contribution in [1.82, 2.24) is 35.1 Å². The fraction of sp³-hybridized carbons (Fsp3) is 0.143. The molecule has 1 aromatic carbocycles. The van der Waals surface area contributed by atoms with E-state index in [2.05, 4.69) is 35.5 Å². The van der Waals surface area contributed by atoms with Crippen LogP contribution in [0.5, 0.6) is 0 Å². The molecular formula is C28H23FN8O. The van der Waals surface area contributed by atoms with Crippen LogP contribution in [0.2, 0.25) is 0 Å². The maximum Gasteiger partial charge on any atom is 0.229 e. The van der Waals surface area contributed by atoms with Crippen LogP contribution in [0.25, 0.3) is 56.0 Å². The van der Waals surface area contributed by atoms with Crippen molar-refractivity contribution in [3.8, 4) is 34.0 Å². The normalized spacial score (nSPS) is 11.8. The average Bonchev–Trinajstić information content (AvgIpc) is 3.54. The van der Waals surface area contributed by atoms with Crippen molar-refractivity contribution in [3.05, 3.63) is 73.1 Å². The molecule has 0 fully saturated rings. The molecule has 3 N–H and O–H groups in total. The number of pyridine rings is 3. The first-order chi connectivity index (χ1) is 18.3. The molecule has 0 spiro atoms. The van der Waals surface area contributed by atoms with Gasteiger partial charge in [-0.05, 0) is 24.3 Å². The average molecular weight is 507 g/mol. The summed E-state index contributed by atoms with van der Waals surface area (Å²) in [7, 11) is 0. The van der Waals surface area contributed by atoms with Gasteiger partial charge in [0.15, 0.2) is 11.6 Å². The Morgan fingerprint density at radius 2 is 1.84 bits per heavy atom. The van der Waals surface area contributed by atoms with E-state index in [1.54, 1.807) is 12.3 Å². The molecule has 188 valence electrons. The zero-order chi connectivity index (χ0) is 26.4. The zero-order valence-electron chi connectivity index (χ0n) is 20.9. The van der Waals surface area contributed by atoms with Gasteiger partial charge < -0.3 is 10.3 Å². The second-order valence-corrected chi connectivity index (χ2v) is 9.95. The summed E-state index contributed by atoms with van der Waals surface area (Å²) in [4.78, 5) is 33.4. The molecule has 0 aliphatic carbocycles. The van der Waals surface area contributed by atoms with Gasteiger partial charge in [-0.3, -0.25) is 24.8 Å². The smallest absolute Gasteiger partial charge is 0.229 e. The number of H-pyrrole nitrogens is 2. The molecule has 0 bridgehead atoms. The van der Waals surface area contributed by atoms with Crippen LogP contribution in [0, 0.1) is 11.2 Å². The van der Waals surface area contributed by atoms with E-state index in [1.165, 1.54) is 18.6 Å². The number of fused-ring (bicyclic) bond motifs is 2. The number of amides is 1. The summed E-state index contributed by atoms with van der Waals surface area (Å²) in [6, 6.07) is 13.1. The lowest BCUT2D eigenvalue weighted by atomic mass is 9.95. The number of aromatic nitrogens is 7. The molecule has 0 saturated carbocycles. The number of halogens is 1. The van der Waals surface area contributed by atoms with Crippen molar-refractivity contribution >= 4 is 33.5 Å². The van der Waals surface area contributed by atoms with Gasteiger partial charge in [0.1, 0.15) is 11.4 Å². The fourth-order valence-corrected chi connectivity index (χ4v) is 4.18. The molecule has 10 heteroatoms. The first-order valence-electron chi connectivity index (χ1n) is 12.0. The van der Waals surface area contributed by atoms with Crippen LogP contribution < -0.4 is 5.32 Å². The highest BCUT2D eigenvalue weighted by molar-refractivity contribution is 5.98. The van der Waals surface area contributed by atoms with Gasteiger partial charge in [0.2, 0.25) is 5.91 Å². The summed E-state index contributed by atoms with van der Waals surface area (Å²) in [5.74, 6) is -0.333. The minimum Gasteiger partial charge on any atom is -0.337 e. The van der Waals surface area contributed by atoms with Crippen LogP contribution in [-0.2, 0) is 4.79 Å². The lowest BCUT2D eigenvalue weighted by Gasteiger charge is -2.17. The predicted octanol–water partition coefficient (Wildman–Crippen LogP) is 5.75. The lowest BCUT2D eigenvalue weighted by molar-refractivity contribution is -0.123. The van der Waals surface area contributed by atoms with E-state index >= 15 is 4.39 Å². The first kappa shape index (κ1) is 23.4. The molecule has 5 aromatic heterocycles. The van der Waals surface area contributed by atoms with Crippen molar-refractivity contribution in [3.63, 3.8) is 0 Å². The molecule has 9 nitrogen and oxygen atoms in total. The number of imidazole rings is 1. The van der Waals surface area contributed by atoms with Gasteiger partial charge >= 0.3 is 0 Å². The van der Waals surface area contributed by atoms with Crippen LogP contribution >= 0.6 is 0 Å². The standard InChI is InChI=1S/C28H23FN8O/c1-28(2,3)27(38)33-16-11-15(12-30-13-16)23-22(29)21-20(14-32-23)36-37-25(21)26-34-19-9-6-7-17(24(19)35-26)18-8-4-5-10-31-18/h4-14H,1-3H3,(H,33,38)(H,34,35)(H,36,37). The van der Waals surface area contributed by atoms with Gasteiger partial charge in [-0.1, -0.05) is 39.0 Å². The van der Waals surface area contributed by atoms with Crippen LogP contribution in [0.3, 0.4) is 0 Å². The maximum absolute atomic E-state index is 16.0. The SMILES string of the molecule is CC(C)(C)C(=O)Nc1cncc(-c2ncc3[nH]nc(-c4nc5c(-c6ccccn6)cccc5[nH]4)c3c2F)c1. The van der Waals surface area contributed by atoms with E-state index < -0.39 is 11.2 Å². The Labute approximate surface area is 216 Å². The Kier molecular flexibility index (Phi) is 5.45. The van der Waals surface area contributed by atoms with Crippen LogP contribution in [-0.4, -0.2) is 41.0 Å². The Morgan fingerprint density at radius 3 is 2.63 bits per heavy atom. The second kappa shape index (κ2) is 8.84. The summed E-state index contributed by atoms with van der Waals surface area (Å²) in [5, 5.41) is 10.3. The molecule has 0 aliphatic heterocycles. The predicted molar refractivity (Wildman–Crippen MR) is 143 cm³/mol. The van der Waals surface area contributed by atoms with E-state index in [0.29, 0.717) is 33.8 Å². The summed E-state index contributed by atoms with van der Waals surface area (Å²) in [6.07, 6.45) is 6.27. The number of carbonyl (C=O) groups excluding carboxylic acids is 1. The van der Waals surface area contributed by atoms with E-state index in [4.69, 9.17) is 4.98 Å². The number of nitrogens with one attached hydrogen (secondary N) is 3. The molecule has 0 radical (unpaired) electrons. The van der Waals surface area contributed by atoms with Gasteiger partial charge in [0.25, 0.3) is 0 Å². The largest absolute Gasteiger partial charge is 0.337 e. The molecule has 1 amide bonds. The van der Waals surface area contributed by atoms with Crippen molar-refractivity contribution < 1.29 is 9.18 Å².